The van der Waals surface area contributed by atoms with Crippen LogP contribution in [0.3, 0.4) is 0 Å². The molecule has 2 fully saturated rings. The molecule has 0 spiro atoms. The number of hydrogen-bond acceptors (Lipinski definition) is 6. The molecular weight excluding hydrogens is 372 g/mol. The van der Waals surface area contributed by atoms with Crippen molar-refractivity contribution in [2.24, 2.45) is 0 Å². The molecule has 2 heterocycles. The molecule has 8 nitrogen and oxygen atoms in total. The number of nitro groups is 1. The highest BCUT2D eigenvalue weighted by Crippen LogP contribution is 2.27. The monoisotopic (exact) mass is 402 g/mol. The Bertz CT molecular complexity index is 773. The Labute approximate surface area is 171 Å². The number of ether oxygens (including phenoxy) is 1. The first kappa shape index (κ1) is 21.0. The second-order valence-electron chi connectivity index (χ2n) is 8.51. The van der Waals surface area contributed by atoms with Crippen LogP contribution in [0.1, 0.15) is 39.2 Å². The maximum atomic E-state index is 12.2. The quantitative estimate of drug-likeness (QED) is 0.564. The SMILES string of the molecule is CC(C)(C)OC(=O)N1CCN(c2ccc([N+](=O)[O-])c(C=CN3CCCC3)c2)CC1. The summed E-state index contributed by atoms with van der Waals surface area (Å²) in [5.74, 6) is 0. The molecule has 0 saturated carbocycles. The van der Waals surface area contributed by atoms with Gasteiger partial charge in [-0.1, -0.05) is 0 Å². The lowest BCUT2D eigenvalue weighted by molar-refractivity contribution is -0.385. The predicted molar refractivity (Wildman–Crippen MR) is 113 cm³/mol. The van der Waals surface area contributed by atoms with E-state index in [0.717, 1.165) is 31.6 Å². The average Bonchev–Trinajstić information content (AvgIpc) is 3.18. The van der Waals surface area contributed by atoms with Crippen LogP contribution in [-0.2, 0) is 4.74 Å². The van der Waals surface area contributed by atoms with Crippen LogP contribution >= 0.6 is 0 Å². The van der Waals surface area contributed by atoms with Gasteiger partial charge in [-0.3, -0.25) is 10.1 Å². The van der Waals surface area contributed by atoms with Gasteiger partial charge >= 0.3 is 6.09 Å². The van der Waals surface area contributed by atoms with Crippen LogP contribution in [0, 0.1) is 10.1 Å². The minimum atomic E-state index is -0.511. The third-order valence-corrected chi connectivity index (χ3v) is 5.11. The molecule has 0 bridgehead atoms. The first-order valence-electron chi connectivity index (χ1n) is 10.2. The topological polar surface area (TPSA) is 79.2 Å². The average molecular weight is 402 g/mol. The number of likely N-dealkylation sites (tertiary alicyclic amines) is 1. The highest BCUT2D eigenvalue weighted by molar-refractivity contribution is 5.70. The summed E-state index contributed by atoms with van der Waals surface area (Å²) in [5.41, 5.74) is 1.13. The Kier molecular flexibility index (Phi) is 6.30. The Morgan fingerprint density at radius 2 is 1.76 bits per heavy atom. The molecule has 0 N–H and O–H groups in total. The van der Waals surface area contributed by atoms with E-state index in [2.05, 4.69) is 9.80 Å². The molecule has 158 valence electrons. The van der Waals surface area contributed by atoms with E-state index in [1.165, 1.54) is 0 Å². The highest BCUT2D eigenvalue weighted by Gasteiger charge is 2.26. The molecule has 1 aromatic rings. The molecule has 0 atom stereocenters. The number of nitrogens with zero attached hydrogens (tertiary/aromatic N) is 4. The maximum absolute atomic E-state index is 12.2. The first-order valence-corrected chi connectivity index (χ1v) is 10.2. The largest absolute Gasteiger partial charge is 0.444 e. The summed E-state index contributed by atoms with van der Waals surface area (Å²) < 4.78 is 5.44. The highest BCUT2D eigenvalue weighted by atomic mass is 16.6. The molecular formula is C21H30N4O4. The summed E-state index contributed by atoms with van der Waals surface area (Å²) in [6.07, 6.45) is 5.82. The van der Waals surface area contributed by atoms with Gasteiger partial charge in [0, 0.05) is 51.0 Å². The van der Waals surface area contributed by atoms with Crippen molar-refractivity contribution in [3.63, 3.8) is 0 Å². The molecule has 29 heavy (non-hydrogen) atoms. The molecule has 0 unspecified atom stereocenters. The maximum Gasteiger partial charge on any atom is 0.410 e. The lowest BCUT2D eigenvalue weighted by atomic mass is 10.1. The zero-order chi connectivity index (χ0) is 21.0. The normalized spacial score (nSPS) is 17.8. The summed E-state index contributed by atoms with van der Waals surface area (Å²) in [4.78, 5) is 29.4. The summed E-state index contributed by atoms with van der Waals surface area (Å²) in [5, 5.41) is 11.4. The van der Waals surface area contributed by atoms with Gasteiger partial charge in [-0.05, 0) is 58.0 Å². The van der Waals surface area contributed by atoms with Crippen LogP contribution in [-0.4, -0.2) is 65.7 Å². The number of piperazine rings is 1. The zero-order valence-electron chi connectivity index (χ0n) is 17.5. The van der Waals surface area contributed by atoms with E-state index in [4.69, 9.17) is 4.74 Å². The lowest BCUT2D eigenvalue weighted by Crippen LogP contribution is -2.50. The first-order chi connectivity index (χ1) is 13.7. The van der Waals surface area contributed by atoms with Crippen LogP contribution in [0.15, 0.2) is 24.4 Å². The van der Waals surface area contributed by atoms with Crippen molar-refractivity contribution >= 4 is 23.5 Å². The van der Waals surface area contributed by atoms with Crippen molar-refractivity contribution in [1.82, 2.24) is 9.80 Å². The van der Waals surface area contributed by atoms with E-state index in [-0.39, 0.29) is 16.7 Å². The number of carbonyl (C=O) groups excluding carboxylic acids is 1. The Morgan fingerprint density at radius 1 is 1.10 bits per heavy atom. The molecule has 2 aliphatic rings. The lowest BCUT2D eigenvalue weighted by Gasteiger charge is -2.36. The molecule has 3 rings (SSSR count). The van der Waals surface area contributed by atoms with Crippen molar-refractivity contribution in [1.29, 1.82) is 0 Å². The van der Waals surface area contributed by atoms with Gasteiger partial charge in [0.15, 0.2) is 0 Å². The number of rotatable bonds is 4. The van der Waals surface area contributed by atoms with Gasteiger partial charge in [-0.25, -0.2) is 4.79 Å². The van der Waals surface area contributed by atoms with E-state index >= 15 is 0 Å². The summed E-state index contributed by atoms with van der Waals surface area (Å²) in [7, 11) is 0. The number of hydrogen-bond donors (Lipinski definition) is 0. The fourth-order valence-electron chi connectivity index (χ4n) is 3.59. The van der Waals surface area contributed by atoms with Crippen LogP contribution < -0.4 is 4.90 Å². The second-order valence-corrected chi connectivity index (χ2v) is 8.51. The fourth-order valence-corrected chi connectivity index (χ4v) is 3.59. The van der Waals surface area contributed by atoms with Gasteiger partial charge in [0.05, 0.1) is 10.5 Å². The van der Waals surface area contributed by atoms with Crippen molar-refractivity contribution < 1.29 is 14.5 Å². The molecule has 1 aromatic carbocycles. The molecule has 0 radical (unpaired) electrons. The van der Waals surface area contributed by atoms with Gasteiger partial charge in [0.25, 0.3) is 5.69 Å². The number of nitro benzene ring substituents is 1. The molecule has 0 aliphatic carbocycles. The molecule has 1 amide bonds. The summed E-state index contributed by atoms with van der Waals surface area (Å²) >= 11 is 0. The minimum absolute atomic E-state index is 0.108. The van der Waals surface area contributed by atoms with E-state index in [0.29, 0.717) is 31.7 Å². The third kappa shape index (κ3) is 5.62. The van der Waals surface area contributed by atoms with E-state index in [1.807, 2.05) is 39.1 Å². The zero-order valence-corrected chi connectivity index (χ0v) is 17.5. The van der Waals surface area contributed by atoms with Crippen LogP contribution in [0.4, 0.5) is 16.2 Å². The van der Waals surface area contributed by atoms with Crippen molar-refractivity contribution in [3.05, 3.63) is 40.1 Å². The van der Waals surface area contributed by atoms with Crippen molar-refractivity contribution in [2.45, 2.75) is 39.2 Å². The smallest absolute Gasteiger partial charge is 0.410 e. The minimum Gasteiger partial charge on any atom is -0.444 e. The van der Waals surface area contributed by atoms with Crippen LogP contribution in [0.2, 0.25) is 0 Å². The van der Waals surface area contributed by atoms with E-state index < -0.39 is 5.60 Å². The number of carbonyl (C=O) groups is 1. The standard InChI is InChI=1S/C21H30N4O4/c1-21(2,3)29-20(26)24-14-12-23(13-15-24)18-6-7-19(25(27)28)17(16-18)8-11-22-9-4-5-10-22/h6-8,11,16H,4-5,9-10,12-15H2,1-3H3. The van der Waals surface area contributed by atoms with E-state index in [9.17, 15) is 14.9 Å². The predicted octanol–water partition coefficient (Wildman–Crippen LogP) is 3.72. The van der Waals surface area contributed by atoms with E-state index in [1.54, 1.807) is 17.0 Å². The summed E-state index contributed by atoms with van der Waals surface area (Å²) in [6.45, 7) is 10.0. The van der Waals surface area contributed by atoms with Gasteiger partial charge in [-0.2, -0.15) is 0 Å². The number of benzene rings is 1. The van der Waals surface area contributed by atoms with Crippen LogP contribution in [0.25, 0.3) is 6.08 Å². The molecule has 2 aliphatic heterocycles. The molecule has 8 heteroatoms. The third-order valence-electron chi connectivity index (χ3n) is 5.11. The van der Waals surface area contributed by atoms with Crippen molar-refractivity contribution in [3.8, 4) is 0 Å². The Balaban J connectivity index is 1.68. The fraction of sp³-hybridized carbons (Fsp3) is 0.571. The summed E-state index contributed by atoms with van der Waals surface area (Å²) in [6, 6.07) is 5.22. The van der Waals surface area contributed by atoms with Gasteiger partial charge in [0.1, 0.15) is 5.60 Å². The number of anilines is 1. The Hall–Kier alpha value is -2.77. The van der Waals surface area contributed by atoms with Gasteiger partial charge in [0.2, 0.25) is 0 Å². The molecule has 0 aromatic heterocycles. The second kappa shape index (κ2) is 8.71. The number of amides is 1. The van der Waals surface area contributed by atoms with Crippen molar-refractivity contribution in [2.75, 3.05) is 44.2 Å². The van der Waals surface area contributed by atoms with Gasteiger partial charge in [-0.15, -0.1) is 0 Å². The van der Waals surface area contributed by atoms with Gasteiger partial charge < -0.3 is 19.4 Å². The molecule has 2 saturated heterocycles. The Morgan fingerprint density at radius 3 is 2.34 bits per heavy atom. The van der Waals surface area contributed by atoms with Crippen LogP contribution in [0.5, 0.6) is 0 Å².